The summed E-state index contributed by atoms with van der Waals surface area (Å²) in [5.41, 5.74) is 0. The van der Waals surface area contributed by atoms with Gasteiger partial charge in [0.2, 0.25) is 16.2 Å². The molecule has 0 unspecified atom stereocenters. The Morgan fingerprint density at radius 1 is 1.10 bits per heavy atom. The summed E-state index contributed by atoms with van der Waals surface area (Å²) in [5, 5.41) is 13.6. The van der Waals surface area contributed by atoms with Crippen LogP contribution in [0.3, 0.4) is 0 Å². The van der Waals surface area contributed by atoms with Crippen LogP contribution >= 0.6 is 11.3 Å². The van der Waals surface area contributed by atoms with Gasteiger partial charge in [0.1, 0.15) is 0 Å². The summed E-state index contributed by atoms with van der Waals surface area (Å²) in [6.45, 7) is 8.18. The minimum absolute atomic E-state index is 0.0329. The molecule has 2 saturated heterocycles. The maximum atomic E-state index is 12.8. The molecule has 2 aromatic heterocycles. The highest BCUT2D eigenvalue weighted by Gasteiger charge is 2.28. The molecule has 8 heteroatoms. The van der Waals surface area contributed by atoms with Crippen LogP contribution in [0, 0.1) is 5.92 Å². The van der Waals surface area contributed by atoms with Gasteiger partial charge >= 0.3 is 0 Å². The van der Waals surface area contributed by atoms with E-state index in [0.29, 0.717) is 12.1 Å². The molecule has 2 aliphatic rings. The Morgan fingerprint density at radius 3 is 2.60 bits per heavy atom. The van der Waals surface area contributed by atoms with Gasteiger partial charge in [-0.05, 0) is 58.1 Å². The average molecular weight is 431 g/mol. The maximum absolute atomic E-state index is 12.8. The van der Waals surface area contributed by atoms with Crippen molar-refractivity contribution in [2.24, 2.45) is 5.92 Å². The van der Waals surface area contributed by atoms with E-state index in [-0.39, 0.29) is 11.8 Å². The van der Waals surface area contributed by atoms with Crippen molar-refractivity contribution in [2.45, 2.75) is 64.5 Å². The molecule has 1 N–H and O–H groups in total. The zero-order chi connectivity index (χ0) is 20.9. The molecule has 3 atom stereocenters. The van der Waals surface area contributed by atoms with Crippen LogP contribution < -0.4 is 10.2 Å². The number of rotatable bonds is 7. The van der Waals surface area contributed by atoms with Crippen LogP contribution in [0.2, 0.25) is 0 Å². The summed E-state index contributed by atoms with van der Waals surface area (Å²) in [6.07, 6.45) is 10.9. The summed E-state index contributed by atoms with van der Waals surface area (Å²) in [5.74, 6) is 0.222. The molecule has 4 rings (SSSR count). The van der Waals surface area contributed by atoms with Gasteiger partial charge in [-0.2, -0.15) is 0 Å². The topological polar surface area (TPSA) is 66.3 Å². The molecule has 30 heavy (non-hydrogen) atoms. The molecule has 2 fully saturated rings. The Kier molecular flexibility index (Phi) is 7.04. The summed E-state index contributed by atoms with van der Waals surface area (Å²) < 4.78 is 1.97. The van der Waals surface area contributed by atoms with Gasteiger partial charge in [0.05, 0.1) is 5.92 Å². The molecule has 4 heterocycles. The molecular formula is C22H34N6OS. The van der Waals surface area contributed by atoms with Crippen LogP contribution in [0.25, 0.3) is 5.13 Å². The van der Waals surface area contributed by atoms with E-state index in [1.165, 1.54) is 19.3 Å². The van der Waals surface area contributed by atoms with Gasteiger partial charge in [0.15, 0.2) is 0 Å². The summed E-state index contributed by atoms with van der Waals surface area (Å²) in [6, 6.07) is 5.29. The highest BCUT2D eigenvalue weighted by Crippen LogP contribution is 2.28. The standard InChI is InChI=1S/C22H34N6OS/c1-17-8-5-9-18(2)28(17)15-7-11-23-20(29)19-10-6-14-27(16-19)22-25-24-21(30-22)26-12-3-4-13-26/h3-4,12-13,17-19H,5-11,14-16H2,1-2H3,(H,23,29)/t17-,18+,19-/m1/s1. The summed E-state index contributed by atoms with van der Waals surface area (Å²) in [4.78, 5) is 17.6. The molecule has 0 bridgehead atoms. The summed E-state index contributed by atoms with van der Waals surface area (Å²) >= 11 is 1.58. The Hall–Kier alpha value is -1.93. The molecule has 0 aromatic carbocycles. The first kappa shape index (κ1) is 21.3. The van der Waals surface area contributed by atoms with E-state index in [1.807, 2.05) is 29.1 Å². The number of amides is 1. The zero-order valence-electron chi connectivity index (χ0n) is 18.2. The highest BCUT2D eigenvalue weighted by atomic mass is 32.1. The van der Waals surface area contributed by atoms with E-state index in [1.54, 1.807) is 11.3 Å². The normalized spacial score (nSPS) is 25.4. The molecule has 0 radical (unpaired) electrons. The van der Waals surface area contributed by atoms with E-state index in [0.717, 1.165) is 55.7 Å². The minimum atomic E-state index is 0.0329. The van der Waals surface area contributed by atoms with E-state index in [2.05, 4.69) is 39.2 Å². The third kappa shape index (κ3) is 5.03. The van der Waals surface area contributed by atoms with Crippen molar-refractivity contribution >= 4 is 22.4 Å². The molecule has 0 spiro atoms. The molecule has 1 amide bonds. The van der Waals surface area contributed by atoms with Gasteiger partial charge in [-0.15, -0.1) is 10.2 Å². The van der Waals surface area contributed by atoms with Gasteiger partial charge in [0.25, 0.3) is 0 Å². The van der Waals surface area contributed by atoms with Crippen molar-refractivity contribution in [2.75, 3.05) is 31.1 Å². The van der Waals surface area contributed by atoms with Gasteiger partial charge in [-0.25, -0.2) is 0 Å². The average Bonchev–Trinajstić information content (AvgIpc) is 3.44. The number of hydrogen-bond donors (Lipinski definition) is 1. The number of carbonyl (C=O) groups excluding carboxylic acids is 1. The van der Waals surface area contributed by atoms with Crippen molar-refractivity contribution in [3.8, 4) is 5.13 Å². The van der Waals surface area contributed by atoms with Gasteiger partial charge < -0.3 is 10.2 Å². The fraction of sp³-hybridized carbons (Fsp3) is 0.682. The minimum Gasteiger partial charge on any atom is -0.356 e. The first-order valence-electron chi connectivity index (χ1n) is 11.4. The molecule has 0 saturated carbocycles. The fourth-order valence-corrected chi connectivity index (χ4v) is 5.65. The first-order valence-corrected chi connectivity index (χ1v) is 12.2. The van der Waals surface area contributed by atoms with Crippen molar-refractivity contribution in [1.82, 2.24) is 25.0 Å². The number of likely N-dealkylation sites (tertiary alicyclic amines) is 1. The Balaban J connectivity index is 1.24. The number of hydrogen-bond acceptors (Lipinski definition) is 6. The molecule has 7 nitrogen and oxygen atoms in total. The quantitative estimate of drug-likeness (QED) is 0.683. The van der Waals surface area contributed by atoms with Crippen molar-refractivity contribution < 1.29 is 4.79 Å². The van der Waals surface area contributed by atoms with Crippen molar-refractivity contribution in [1.29, 1.82) is 0 Å². The molecule has 2 aliphatic heterocycles. The van der Waals surface area contributed by atoms with E-state index in [4.69, 9.17) is 0 Å². The van der Waals surface area contributed by atoms with E-state index in [9.17, 15) is 4.79 Å². The van der Waals surface area contributed by atoms with E-state index >= 15 is 0 Å². The number of nitrogens with one attached hydrogen (secondary N) is 1. The lowest BCUT2D eigenvalue weighted by Crippen LogP contribution is -2.46. The second kappa shape index (κ2) is 9.92. The number of nitrogens with zero attached hydrogens (tertiary/aromatic N) is 5. The maximum Gasteiger partial charge on any atom is 0.224 e. The van der Waals surface area contributed by atoms with Crippen LogP contribution in [-0.2, 0) is 4.79 Å². The number of anilines is 1. The number of carbonyl (C=O) groups is 1. The Labute approximate surface area is 183 Å². The molecule has 2 aromatic rings. The van der Waals surface area contributed by atoms with Crippen LogP contribution in [0.1, 0.15) is 52.4 Å². The van der Waals surface area contributed by atoms with Crippen molar-refractivity contribution in [3.05, 3.63) is 24.5 Å². The third-order valence-electron chi connectivity index (χ3n) is 6.56. The molecule has 164 valence electrons. The van der Waals surface area contributed by atoms with Crippen LogP contribution in [-0.4, -0.2) is 63.8 Å². The Bertz CT molecular complexity index is 796. The zero-order valence-corrected chi connectivity index (χ0v) is 19.0. The monoisotopic (exact) mass is 430 g/mol. The SMILES string of the molecule is C[C@@H]1CCC[C@H](C)N1CCCNC(=O)[C@@H]1CCCN(c2nnc(-n3cccc3)s2)C1. The van der Waals surface area contributed by atoms with Crippen LogP contribution in [0.5, 0.6) is 0 Å². The lowest BCUT2D eigenvalue weighted by Gasteiger charge is -2.39. The first-order chi connectivity index (χ1) is 14.6. The second-order valence-corrected chi connectivity index (χ2v) is 9.69. The van der Waals surface area contributed by atoms with Crippen LogP contribution in [0.4, 0.5) is 5.13 Å². The highest BCUT2D eigenvalue weighted by molar-refractivity contribution is 7.17. The lowest BCUT2D eigenvalue weighted by atomic mass is 9.97. The second-order valence-electron chi connectivity index (χ2n) is 8.75. The van der Waals surface area contributed by atoms with Crippen LogP contribution in [0.15, 0.2) is 24.5 Å². The summed E-state index contributed by atoms with van der Waals surface area (Å²) in [7, 11) is 0. The van der Waals surface area contributed by atoms with Crippen molar-refractivity contribution in [3.63, 3.8) is 0 Å². The number of piperidine rings is 2. The van der Waals surface area contributed by atoms with Gasteiger partial charge in [0, 0.05) is 50.7 Å². The predicted octanol–water partition coefficient (Wildman–Crippen LogP) is 3.31. The predicted molar refractivity (Wildman–Crippen MR) is 121 cm³/mol. The van der Waals surface area contributed by atoms with E-state index < -0.39 is 0 Å². The molecular weight excluding hydrogens is 396 g/mol. The van der Waals surface area contributed by atoms with Gasteiger partial charge in [-0.1, -0.05) is 17.8 Å². The third-order valence-corrected chi connectivity index (χ3v) is 7.56. The lowest BCUT2D eigenvalue weighted by molar-refractivity contribution is -0.125. The van der Waals surface area contributed by atoms with Gasteiger partial charge in [-0.3, -0.25) is 14.3 Å². The Morgan fingerprint density at radius 2 is 1.83 bits per heavy atom. The smallest absolute Gasteiger partial charge is 0.224 e. The molecule has 0 aliphatic carbocycles. The number of aromatic nitrogens is 3. The fourth-order valence-electron chi connectivity index (χ4n) is 4.80. The largest absolute Gasteiger partial charge is 0.356 e.